The Kier molecular flexibility index (Phi) is 4.34. The molecule has 18 heavy (non-hydrogen) atoms. The van der Waals surface area contributed by atoms with Crippen LogP contribution in [0.2, 0.25) is 5.02 Å². The van der Waals surface area contributed by atoms with Crippen LogP contribution in [0.4, 0.5) is 0 Å². The summed E-state index contributed by atoms with van der Waals surface area (Å²) in [7, 11) is 0. The highest BCUT2D eigenvalue weighted by molar-refractivity contribution is 6.31. The smallest absolute Gasteiger partial charge is 0.0897 e. The minimum Gasteiger partial charge on any atom is -0.385 e. The Morgan fingerprint density at radius 3 is 2.56 bits per heavy atom. The molecular formula is C16H23ClO. The second-order valence-electron chi connectivity index (χ2n) is 5.73. The molecule has 0 atom stereocenters. The quantitative estimate of drug-likeness (QED) is 0.831. The van der Waals surface area contributed by atoms with Crippen LogP contribution >= 0.6 is 11.6 Å². The van der Waals surface area contributed by atoms with E-state index in [0.29, 0.717) is 0 Å². The van der Waals surface area contributed by atoms with Crippen molar-refractivity contribution in [3.8, 4) is 0 Å². The molecule has 1 N–H and O–H groups in total. The van der Waals surface area contributed by atoms with E-state index in [1.807, 2.05) is 25.1 Å². The molecule has 0 spiro atoms. The molecule has 1 fully saturated rings. The highest BCUT2D eigenvalue weighted by Crippen LogP contribution is 2.41. The highest BCUT2D eigenvalue weighted by Gasteiger charge is 2.34. The first-order chi connectivity index (χ1) is 8.55. The van der Waals surface area contributed by atoms with Gasteiger partial charge in [0.05, 0.1) is 5.60 Å². The summed E-state index contributed by atoms with van der Waals surface area (Å²) in [4.78, 5) is 0. The van der Waals surface area contributed by atoms with Crippen molar-refractivity contribution in [3.63, 3.8) is 0 Å². The molecule has 2 rings (SSSR count). The number of rotatable bonds is 3. The summed E-state index contributed by atoms with van der Waals surface area (Å²) in [6.07, 6.45) is 6.56. The van der Waals surface area contributed by atoms with E-state index in [0.717, 1.165) is 47.8 Å². The fraction of sp³-hybridized carbons (Fsp3) is 0.625. The SMILES string of the molecule is CCCC1CCC(O)(c2ccc(C)c(Cl)c2)CC1. The van der Waals surface area contributed by atoms with Crippen molar-refractivity contribution in [2.75, 3.05) is 0 Å². The lowest BCUT2D eigenvalue weighted by Crippen LogP contribution is -2.31. The number of benzene rings is 1. The summed E-state index contributed by atoms with van der Waals surface area (Å²) in [6, 6.07) is 5.98. The average Bonchev–Trinajstić information content (AvgIpc) is 2.36. The third kappa shape index (κ3) is 2.89. The molecule has 0 saturated heterocycles. The third-order valence-corrected chi connectivity index (χ3v) is 4.75. The highest BCUT2D eigenvalue weighted by atomic mass is 35.5. The molecule has 1 nitrogen and oxygen atoms in total. The van der Waals surface area contributed by atoms with Gasteiger partial charge in [0.2, 0.25) is 0 Å². The molecule has 0 aromatic heterocycles. The molecule has 1 aromatic rings. The van der Waals surface area contributed by atoms with Gasteiger partial charge in [-0.15, -0.1) is 0 Å². The number of hydrogen-bond acceptors (Lipinski definition) is 1. The molecule has 0 heterocycles. The summed E-state index contributed by atoms with van der Waals surface area (Å²) in [6.45, 7) is 4.23. The van der Waals surface area contributed by atoms with E-state index < -0.39 is 5.60 Å². The summed E-state index contributed by atoms with van der Waals surface area (Å²) in [5.74, 6) is 0.802. The molecule has 0 bridgehead atoms. The normalized spacial score (nSPS) is 28.3. The maximum atomic E-state index is 10.8. The van der Waals surface area contributed by atoms with Gasteiger partial charge in [-0.1, -0.05) is 43.5 Å². The second kappa shape index (κ2) is 5.63. The number of hydrogen-bond donors (Lipinski definition) is 1. The van der Waals surface area contributed by atoms with Crippen LogP contribution in [0.15, 0.2) is 18.2 Å². The van der Waals surface area contributed by atoms with Gasteiger partial charge in [-0.2, -0.15) is 0 Å². The summed E-state index contributed by atoms with van der Waals surface area (Å²) in [5.41, 5.74) is 1.42. The van der Waals surface area contributed by atoms with Crippen LogP contribution in [0.3, 0.4) is 0 Å². The van der Waals surface area contributed by atoms with Crippen LogP contribution in [-0.4, -0.2) is 5.11 Å². The Morgan fingerprint density at radius 1 is 1.33 bits per heavy atom. The molecule has 0 unspecified atom stereocenters. The zero-order valence-electron chi connectivity index (χ0n) is 11.4. The number of aliphatic hydroxyl groups is 1. The van der Waals surface area contributed by atoms with Crippen molar-refractivity contribution >= 4 is 11.6 Å². The van der Waals surface area contributed by atoms with Crippen LogP contribution in [0, 0.1) is 12.8 Å². The first-order valence-corrected chi connectivity index (χ1v) is 7.42. The molecule has 1 aliphatic carbocycles. The Hall–Kier alpha value is -0.530. The zero-order chi connectivity index (χ0) is 13.2. The lowest BCUT2D eigenvalue weighted by molar-refractivity contribution is -0.0152. The zero-order valence-corrected chi connectivity index (χ0v) is 12.1. The first kappa shape index (κ1) is 13.9. The van der Waals surface area contributed by atoms with E-state index >= 15 is 0 Å². The maximum Gasteiger partial charge on any atom is 0.0897 e. The lowest BCUT2D eigenvalue weighted by Gasteiger charge is -2.36. The molecule has 100 valence electrons. The van der Waals surface area contributed by atoms with Gasteiger partial charge in [-0.05, 0) is 55.7 Å². The molecule has 1 saturated carbocycles. The Morgan fingerprint density at radius 2 is 2.00 bits per heavy atom. The van der Waals surface area contributed by atoms with Crippen LogP contribution in [0.1, 0.15) is 56.6 Å². The maximum absolute atomic E-state index is 10.8. The monoisotopic (exact) mass is 266 g/mol. The predicted molar refractivity (Wildman–Crippen MR) is 77.0 cm³/mol. The van der Waals surface area contributed by atoms with Gasteiger partial charge in [-0.25, -0.2) is 0 Å². The standard InChI is InChI=1S/C16H23ClO/c1-3-4-13-7-9-16(18,10-8-13)14-6-5-12(2)15(17)11-14/h5-6,11,13,18H,3-4,7-10H2,1-2H3. The van der Waals surface area contributed by atoms with Gasteiger partial charge in [0.15, 0.2) is 0 Å². The van der Waals surface area contributed by atoms with Gasteiger partial charge in [0.25, 0.3) is 0 Å². The fourth-order valence-corrected chi connectivity index (χ4v) is 3.20. The third-order valence-electron chi connectivity index (χ3n) is 4.34. The van der Waals surface area contributed by atoms with Crippen molar-refractivity contribution in [1.29, 1.82) is 0 Å². The molecule has 1 aliphatic rings. The van der Waals surface area contributed by atoms with Gasteiger partial charge in [-0.3, -0.25) is 0 Å². The Labute approximate surface area is 115 Å². The van der Waals surface area contributed by atoms with E-state index in [4.69, 9.17) is 11.6 Å². The number of aryl methyl sites for hydroxylation is 1. The van der Waals surface area contributed by atoms with E-state index in [1.54, 1.807) is 0 Å². The van der Waals surface area contributed by atoms with Crippen LogP contribution in [-0.2, 0) is 5.60 Å². The Balaban J connectivity index is 2.10. The van der Waals surface area contributed by atoms with Crippen molar-refractivity contribution in [2.45, 2.75) is 58.0 Å². The first-order valence-electron chi connectivity index (χ1n) is 7.04. The topological polar surface area (TPSA) is 20.2 Å². The largest absolute Gasteiger partial charge is 0.385 e. The molecular weight excluding hydrogens is 244 g/mol. The van der Waals surface area contributed by atoms with E-state index in [2.05, 4.69) is 6.92 Å². The van der Waals surface area contributed by atoms with Crippen molar-refractivity contribution in [1.82, 2.24) is 0 Å². The second-order valence-corrected chi connectivity index (χ2v) is 6.13. The Bertz CT molecular complexity index is 406. The van der Waals surface area contributed by atoms with E-state index in [9.17, 15) is 5.11 Å². The minimum atomic E-state index is -0.651. The van der Waals surface area contributed by atoms with Crippen LogP contribution < -0.4 is 0 Å². The van der Waals surface area contributed by atoms with Gasteiger partial charge < -0.3 is 5.11 Å². The fourth-order valence-electron chi connectivity index (χ4n) is 3.02. The summed E-state index contributed by atoms with van der Waals surface area (Å²) >= 11 is 6.16. The van der Waals surface area contributed by atoms with Crippen LogP contribution in [0.5, 0.6) is 0 Å². The molecule has 0 radical (unpaired) electrons. The van der Waals surface area contributed by atoms with Gasteiger partial charge in [0, 0.05) is 5.02 Å². The predicted octanol–water partition coefficient (Wildman–Crippen LogP) is 4.83. The van der Waals surface area contributed by atoms with Crippen molar-refractivity contribution < 1.29 is 5.11 Å². The molecule has 2 heteroatoms. The van der Waals surface area contributed by atoms with Gasteiger partial charge >= 0.3 is 0 Å². The van der Waals surface area contributed by atoms with E-state index in [-0.39, 0.29) is 0 Å². The van der Waals surface area contributed by atoms with Gasteiger partial charge in [0.1, 0.15) is 0 Å². The lowest BCUT2D eigenvalue weighted by atomic mass is 9.74. The summed E-state index contributed by atoms with van der Waals surface area (Å²) < 4.78 is 0. The molecule has 1 aromatic carbocycles. The number of halogens is 1. The van der Waals surface area contributed by atoms with Crippen molar-refractivity contribution in [2.24, 2.45) is 5.92 Å². The van der Waals surface area contributed by atoms with E-state index in [1.165, 1.54) is 12.8 Å². The molecule has 0 amide bonds. The minimum absolute atomic E-state index is 0.651. The summed E-state index contributed by atoms with van der Waals surface area (Å²) in [5, 5.41) is 11.5. The van der Waals surface area contributed by atoms with Crippen molar-refractivity contribution in [3.05, 3.63) is 34.3 Å². The molecule has 0 aliphatic heterocycles. The average molecular weight is 267 g/mol. The van der Waals surface area contributed by atoms with Crippen LogP contribution in [0.25, 0.3) is 0 Å².